The van der Waals surface area contributed by atoms with Crippen LogP contribution in [0.2, 0.25) is 0 Å². The van der Waals surface area contributed by atoms with E-state index in [2.05, 4.69) is 10.3 Å². The largest absolute Gasteiger partial charge is 0.350 e. The smallest absolute Gasteiger partial charge is 0.159 e. The van der Waals surface area contributed by atoms with Gasteiger partial charge in [0.1, 0.15) is 0 Å². The quantitative estimate of drug-likeness (QED) is 0.548. The third-order valence-corrected chi connectivity index (χ3v) is 1.93. The van der Waals surface area contributed by atoms with Crippen molar-refractivity contribution >= 4 is 5.70 Å². The number of dihydropyridines is 1. The highest BCUT2D eigenvalue weighted by atomic mass is 15.2. The Hall–Kier alpha value is -1.65. The molecule has 5 N–H and O–H groups in total. The molecule has 1 aliphatic heterocycles. The number of aromatic nitrogens is 1. The summed E-state index contributed by atoms with van der Waals surface area (Å²) in [5, 5.41) is 2.98. The van der Waals surface area contributed by atoms with Crippen molar-refractivity contribution in [2.24, 2.45) is 11.5 Å². The van der Waals surface area contributed by atoms with Gasteiger partial charge in [0, 0.05) is 6.20 Å². The maximum absolute atomic E-state index is 5.72. The van der Waals surface area contributed by atoms with Crippen LogP contribution in [0.15, 0.2) is 42.6 Å². The van der Waals surface area contributed by atoms with Crippen LogP contribution in [0.25, 0.3) is 5.70 Å². The average Bonchev–Trinajstić information content (AvgIpc) is 2.18. The molecule has 0 aliphatic carbocycles. The third-order valence-electron chi connectivity index (χ3n) is 1.93. The van der Waals surface area contributed by atoms with E-state index >= 15 is 0 Å². The van der Waals surface area contributed by atoms with E-state index in [1.54, 1.807) is 12.3 Å². The van der Waals surface area contributed by atoms with Crippen LogP contribution in [0.5, 0.6) is 0 Å². The molecule has 0 bridgehead atoms. The van der Waals surface area contributed by atoms with Gasteiger partial charge in [-0.2, -0.15) is 0 Å². The van der Waals surface area contributed by atoms with Crippen LogP contribution in [0.3, 0.4) is 0 Å². The van der Waals surface area contributed by atoms with Gasteiger partial charge >= 0.3 is 0 Å². The molecule has 4 heteroatoms. The van der Waals surface area contributed by atoms with E-state index in [0.29, 0.717) is 0 Å². The van der Waals surface area contributed by atoms with E-state index in [9.17, 15) is 0 Å². The molecular formula is C10H12N4. The summed E-state index contributed by atoms with van der Waals surface area (Å²) in [4.78, 5) is 4.19. The van der Waals surface area contributed by atoms with Crippen molar-refractivity contribution in [3.8, 4) is 0 Å². The van der Waals surface area contributed by atoms with Crippen LogP contribution in [0.4, 0.5) is 0 Å². The van der Waals surface area contributed by atoms with Gasteiger partial charge in [-0.25, -0.2) is 0 Å². The van der Waals surface area contributed by atoms with E-state index in [4.69, 9.17) is 11.5 Å². The topological polar surface area (TPSA) is 77.0 Å². The minimum absolute atomic E-state index is 0.831. The standard InChI is InChI=1S/C10H12N4/c11-10(12)6-3-5-9(14-10)8-4-1-2-7-13-8/h1-7,14H,11-12H2. The SMILES string of the molecule is NC1(N)C=CC=C(c2ccccn2)N1. The zero-order valence-corrected chi connectivity index (χ0v) is 7.64. The number of rotatable bonds is 1. The molecule has 1 aromatic heterocycles. The molecular weight excluding hydrogens is 176 g/mol. The van der Waals surface area contributed by atoms with Crippen LogP contribution in [-0.2, 0) is 0 Å². The zero-order chi connectivity index (χ0) is 10.0. The first-order valence-electron chi connectivity index (χ1n) is 4.34. The molecule has 0 saturated carbocycles. The molecule has 0 saturated heterocycles. The summed E-state index contributed by atoms with van der Waals surface area (Å²) in [5.74, 6) is -0.985. The Bertz CT molecular complexity index is 378. The summed E-state index contributed by atoms with van der Waals surface area (Å²) in [6.45, 7) is 0. The summed E-state index contributed by atoms with van der Waals surface area (Å²) >= 11 is 0. The summed E-state index contributed by atoms with van der Waals surface area (Å²) in [6, 6.07) is 5.67. The number of hydrogen-bond donors (Lipinski definition) is 3. The highest BCUT2D eigenvalue weighted by Crippen LogP contribution is 2.13. The molecule has 1 aromatic rings. The fraction of sp³-hybridized carbons (Fsp3) is 0.100. The summed E-state index contributed by atoms with van der Waals surface area (Å²) in [5.41, 5.74) is 13.1. The minimum atomic E-state index is -0.985. The van der Waals surface area contributed by atoms with Crippen molar-refractivity contribution < 1.29 is 0 Å². The molecule has 0 aromatic carbocycles. The molecule has 0 unspecified atom stereocenters. The van der Waals surface area contributed by atoms with Crippen LogP contribution in [0.1, 0.15) is 5.69 Å². The van der Waals surface area contributed by atoms with Gasteiger partial charge < -0.3 is 5.32 Å². The van der Waals surface area contributed by atoms with Gasteiger partial charge in [-0.05, 0) is 24.3 Å². The van der Waals surface area contributed by atoms with Crippen molar-refractivity contribution in [3.05, 3.63) is 48.3 Å². The van der Waals surface area contributed by atoms with Crippen LogP contribution in [-0.4, -0.2) is 10.8 Å². The van der Waals surface area contributed by atoms with Crippen molar-refractivity contribution in [2.45, 2.75) is 5.79 Å². The minimum Gasteiger partial charge on any atom is -0.350 e. The van der Waals surface area contributed by atoms with Gasteiger partial charge in [0.15, 0.2) is 5.79 Å². The summed E-state index contributed by atoms with van der Waals surface area (Å²) in [6.07, 6.45) is 7.13. The molecule has 0 atom stereocenters. The number of nitrogens with one attached hydrogen (secondary N) is 1. The molecule has 4 nitrogen and oxygen atoms in total. The van der Waals surface area contributed by atoms with Gasteiger partial charge in [-0.1, -0.05) is 12.1 Å². The number of pyridine rings is 1. The molecule has 2 heterocycles. The van der Waals surface area contributed by atoms with E-state index in [1.807, 2.05) is 30.4 Å². The van der Waals surface area contributed by atoms with E-state index in [-0.39, 0.29) is 0 Å². The van der Waals surface area contributed by atoms with Gasteiger partial charge in [0.25, 0.3) is 0 Å². The predicted octanol–water partition coefficient (Wildman–Crippen LogP) is 0.153. The molecule has 0 amide bonds. The third kappa shape index (κ3) is 1.81. The fourth-order valence-corrected chi connectivity index (χ4v) is 1.29. The highest BCUT2D eigenvalue weighted by Gasteiger charge is 2.19. The van der Waals surface area contributed by atoms with Crippen molar-refractivity contribution in [1.82, 2.24) is 10.3 Å². The number of nitrogens with two attached hydrogens (primary N) is 2. The molecule has 1 aliphatic rings. The Morgan fingerprint density at radius 1 is 1.29 bits per heavy atom. The van der Waals surface area contributed by atoms with E-state index < -0.39 is 5.79 Å². The van der Waals surface area contributed by atoms with Crippen molar-refractivity contribution in [1.29, 1.82) is 0 Å². The van der Waals surface area contributed by atoms with Crippen LogP contribution in [0, 0.1) is 0 Å². The highest BCUT2D eigenvalue weighted by molar-refractivity contribution is 5.64. The molecule has 0 fully saturated rings. The van der Waals surface area contributed by atoms with Crippen molar-refractivity contribution in [3.63, 3.8) is 0 Å². The Kier molecular flexibility index (Phi) is 2.07. The lowest BCUT2D eigenvalue weighted by Gasteiger charge is -2.27. The monoisotopic (exact) mass is 188 g/mol. The van der Waals surface area contributed by atoms with Crippen LogP contribution >= 0.6 is 0 Å². The Morgan fingerprint density at radius 3 is 2.79 bits per heavy atom. The fourth-order valence-electron chi connectivity index (χ4n) is 1.29. The van der Waals surface area contributed by atoms with Gasteiger partial charge in [0.05, 0.1) is 11.4 Å². The lowest BCUT2D eigenvalue weighted by Crippen LogP contribution is -2.59. The first-order valence-corrected chi connectivity index (χ1v) is 4.34. The molecule has 2 rings (SSSR count). The Balaban J connectivity index is 2.30. The lowest BCUT2D eigenvalue weighted by atomic mass is 10.1. The summed E-state index contributed by atoms with van der Waals surface area (Å²) in [7, 11) is 0. The van der Waals surface area contributed by atoms with Gasteiger partial charge in [-0.15, -0.1) is 0 Å². The number of allylic oxidation sites excluding steroid dienone is 2. The zero-order valence-electron chi connectivity index (χ0n) is 7.64. The first-order chi connectivity index (χ1) is 6.67. The summed E-state index contributed by atoms with van der Waals surface area (Å²) < 4.78 is 0. The van der Waals surface area contributed by atoms with Crippen LogP contribution < -0.4 is 16.8 Å². The second kappa shape index (κ2) is 3.25. The number of nitrogens with zero attached hydrogens (tertiary/aromatic N) is 1. The first kappa shape index (κ1) is 8.93. The Morgan fingerprint density at radius 2 is 2.14 bits per heavy atom. The lowest BCUT2D eigenvalue weighted by molar-refractivity contribution is 0.500. The average molecular weight is 188 g/mol. The molecule has 14 heavy (non-hydrogen) atoms. The second-order valence-corrected chi connectivity index (χ2v) is 3.21. The maximum Gasteiger partial charge on any atom is 0.159 e. The molecule has 72 valence electrons. The second-order valence-electron chi connectivity index (χ2n) is 3.21. The maximum atomic E-state index is 5.72. The predicted molar refractivity (Wildman–Crippen MR) is 55.6 cm³/mol. The number of hydrogen-bond acceptors (Lipinski definition) is 4. The van der Waals surface area contributed by atoms with E-state index in [1.165, 1.54) is 0 Å². The Labute approximate surface area is 82.3 Å². The van der Waals surface area contributed by atoms with Crippen molar-refractivity contribution in [2.75, 3.05) is 0 Å². The molecule has 0 radical (unpaired) electrons. The van der Waals surface area contributed by atoms with Gasteiger partial charge in [0.2, 0.25) is 0 Å². The van der Waals surface area contributed by atoms with Gasteiger partial charge in [-0.3, -0.25) is 16.5 Å². The van der Waals surface area contributed by atoms with E-state index in [0.717, 1.165) is 11.4 Å². The normalized spacial score (nSPS) is 18.6. The molecule has 0 spiro atoms.